The summed E-state index contributed by atoms with van der Waals surface area (Å²) in [7, 11) is -3.61. The van der Waals surface area contributed by atoms with E-state index in [2.05, 4.69) is 5.09 Å². The second kappa shape index (κ2) is 9.21. The predicted molar refractivity (Wildman–Crippen MR) is 94.3 cm³/mol. The average Bonchev–Trinajstić information content (AvgIpc) is 2.46. The Morgan fingerprint density at radius 3 is 2.33 bits per heavy atom. The molecule has 0 radical (unpaired) electrons. The Morgan fingerprint density at radius 1 is 1.17 bits per heavy atom. The maximum absolute atomic E-state index is 13.0. The lowest BCUT2D eigenvalue weighted by atomic mass is 10.1. The SMILES string of the molecule is CCOP(=O)(NC(C)C(C)C)Oc1ccccc1C(=O)OC(C)C. The molecule has 0 aromatic heterocycles. The molecule has 136 valence electrons. The molecule has 0 heterocycles. The van der Waals surface area contributed by atoms with Crippen LogP contribution in [-0.2, 0) is 13.8 Å². The summed E-state index contributed by atoms with van der Waals surface area (Å²) in [6, 6.07) is 6.45. The standard InChI is InChI=1S/C17H28NO5P/c1-7-21-24(20,18-14(6)12(2)3)23-16-11-9-8-10-15(16)17(19)22-13(4)5/h8-14H,7H2,1-6H3,(H,18,20). The molecule has 0 saturated heterocycles. The molecule has 0 saturated carbocycles. The number of carbonyl (C=O) groups is 1. The Hall–Kier alpha value is -1.36. The van der Waals surface area contributed by atoms with Crippen molar-refractivity contribution >= 4 is 13.7 Å². The van der Waals surface area contributed by atoms with Crippen LogP contribution >= 0.6 is 7.75 Å². The third-order valence-electron chi connectivity index (χ3n) is 3.33. The van der Waals surface area contributed by atoms with Crippen molar-refractivity contribution in [3.63, 3.8) is 0 Å². The van der Waals surface area contributed by atoms with Gasteiger partial charge in [-0.05, 0) is 45.7 Å². The van der Waals surface area contributed by atoms with Crippen LogP contribution in [0.1, 0.15) is 51.9 Å². The summed E-state index contributed by atoms with van der Waals surface area (Å²) in [5, 5.41) is 2.91. The van der Waals surface area contributed by atoms with Gasteiger partial charge in [0.2, 0.25) is 0 Å². The van der Waals surface area contributed by atoms with E-state index in [9.17, 15) is 9.36 Å². The molecule has 2 atom stereocenters. The van der Waals surface area contributed by atoms with Gasteiger partial charge in [-0.1, -0.05) is 26.0 Å². The van der Waals surface area contributed by atoms with Crippen molar-refractivity contribution in [2.24, 2.45) is 5.92 Å². The van der Waals surface area contributed by atoms with Crippen LogP contribution < -0.4 is 9.61 Å². The van der Waals surface area contributed by atoms with Crippen molar-refractivity contribution in [3.05, 3.63) is 29.8 Å². The molecule has 0 aliphatic heterocycles. The first-order valence-corrected chi connectivity index (χ1v) is 9.74. The smallest absolute Gasteiger partial charge is 0.458 e. The number of carbonyl (C=O) groups excluding carboxylic acids is 1. The maximum atomic E-state index is 13.0. The third kappa shape index (κ3) is 6.27. The van der Waals surface area contributed by atoms with E-state index < -0.39 is 13.7 Å². The Bertz CT molecular complexity index is 588. The second-order valence-electron chi connectivity index (χ2n) is 6.12. The molecule has 7 heteroatoms. The van der Waals surface area contributed by atoms with Crippen LogP contribution in [0.3, 0.4) is 0 Å². The number of esters is 1. The normalized spacial score (nSPS) is 15.2. The summed E-state index contributed by atoms with van der Waals surface area (Å²) in [5.41, 5.74) is 0.213. The van der Waals surface area contributed by atoms with Gasteiger partial charge in [-0.15, -0.1) is 0 Å². The van der Waals surface area contributed by atoms with E-state index in [0.717, 1.165) is 0 Å². The highest BCUT2D eigenvalue weighted by Gasteiger charge is 2.31. The summed E-state index contributed by atoms with van der Waals surface area (Å²) in [4.78, 5) is 12.2. The summed E-state index contributed by atoms with van der Waals surface area (Å²) in [6.45, 7) is 11.4. The molecule has 0 spiro atoms. The topological polar surface area (TPSA) is 73.9 Å². The number of hydrogen-bond donors (Lipinski definition) is 1. The first-order valence-electron chi connectivity index (χ1n) is 8.20. The predicted octanol–water partition coefficient (Wildman–Crippen LogP) is 4.41. The van der Waals surface area contributed by atoms with Crippen molar-refractivity contribution in [3.8, 4) is 5.75 Å². The van der Waals surface area contributed by atoms with Gasteiger partial charge in [-0.3, -0.25) is 4.52 Å². The highest BCUT2D eigenvalue weighted by Crippen LogP contribution is 2.46. The minimum atomic E-state index is -3.61. The van der Waals surface area contributed by atoms with Gasteiger partial charge in [0.1, 0.15) is 11.3 Å². The molecular formula is C17H28NO5P. The monoisotopic (exact) mass is 357 g/mol. The van der Waals surface area contributed by atoms with Crippen LogP contribution in [0.25, 0.3) is 0 Å². The molecule has 1 N–H and O–H groups in total. The third-order valence-corrected chi connectivity index (χ3v) is 5.09. The minimum Gasteiger partial charge on any atom is -0.459 e. The van der Waals surface area contributed by atoms with E-state index in [1.54, 1.807) is 45.0 Å². The number of para-hydroxylation sites is 1. The molecule has 1 aromatic rings. The van der Waals surface area contributed by atoms with E-state index in [4.69, 9.17) is 13.8 Å². The van der Waals surface area contributed by atoms with Gasteiger partial charge in [0.25, 0.3) is 0 Å². The number of ether oxygens (including phenoxy) is 1. The Morgan fingerprint density at radius 2 is 1.79 bits per heavy atom. The van der Waals surface area contributed by atoms with Crippen LogP contribution in [0.4, 0.5) is 0 Å². The number of hydrogen-bond acceptors (Lipinski definition) is 5. The summed E-state index contributed by atoms with van der Waals surface area (Å²) in [6.07, 6.45) is -0.261. The summed E-state index contributed by atoms with van der Waals surface area (Å²) < 4.78 is 29.1. The van der Waals surface area contributed by atoms with Gasteiger partial charge in [0, 0.05) is 6.04 Å². The first kappa shape index (κ1) is 20.7. The quantitative estimate of drug-likeness (QED) is 0.521. The number of benzene rings is 1. The summed E-state index contributed by atoms with van der Waals surface area (Å²) in [5.74, 6) is -0.118. The van der Waals surface area contributed by atoms with Crippen LogP contribution in [0.2, 0.25) is 0 Å². The van der Waals surface area contributed by atoms with Crippen molar-refractivity contribution in [2.75, 3.05) is 6.61 Å². The van der Waals surface area contributed by atoms with E-state index in [0.29, 0.717) is 0 Å². The molecule has 0 fully saturated rings. The lowest BCUT2D eigenvalue weighted by Crippen LogP contribution is -2.31. The fraction of sp³-hybridized carbons (Fsp3) is 0.588. The van der Waals surface area contributed by atoms with Crippen LogP contribution in [-0.4, -0.2) is 24.7 Å². The molecule has 0 bridgehead atoms. The molecule has 1 aromatic carbocycles. The van der Waals surface area contributed by atoms with E-state index in [1.165, 1.54) is 0 Å². The minimum absolute atomic E-state index is 0.0860. The van der Waals surface area contributed by atoms with E-state index in [-0.39, 0.29) is 36.0 Å². The summed E-state index contributed by atoms with van der Waals surface area (Å²) >= 11 is 0. The van der Waals surface area contributed by atoms with Crippen molar-refractivity contribution in [2.45, 2.75) is 53.7 Å². The molecule has 6 nitrogen and oxygen atoms in total. The average molecular weight is 357 g/mol. The van der Waals surface area contributed by atoms with Gasteiger partial charge in [0.05, 0.1) is 12.7 Å². The highest BCUT2D eigenvalue weighted by atomic mass is 31.2. The zero-order valence-electron chi connectivity index (χ0n) is 15.2. The van der Waals surface area contributed by atoms with Gasteiger partial charge in [0.15, 0.2) is 0 Å². The van der Waals surface area contributed by atoms with Crippen LogP contribution in [0, 0.1) is 5.92 Å². The van der Waals surface area contributed by atoms with E-state index in [1.807, 2.05) is 20.8 Å². The zero-order chi connectivity index (χ0) is 18.3. The molecule has 1 rings (SSSR count). The zero-order valence-corrected chi connectivity index (χ0v) is 16.1. The largest absolute Gasteiger partial charge is 0.459 e. The Kier molecular flexibility index (Phi) is 7.94. The number of rotatable bonds is 9. The number of nitrogens with one attached hydrogen (secondary N) is 1. The molecule has 24 heavy (non-hydrogen) atoms. The molecule has 0 aliphatic rings. The van der Waals surface area contributed by atoms with Crippen molar-refractivity contribution in [1.29, 1.82) is 0 Å². The lowest BCUT2D eigenvalue weighted by molar-refractivity contribution is 0.0375. The lowest BCUT2D eigenvalue weighted by Gasteiger charge is -2.25. The van der Waals surface area contributed by atoms with Crippen LogP contribution in [0.5, 0.6) is 5.75 Å². The van der Waals surface area contributed by atoms with Gasteiger partial charge in [-0.2, -0.15) is 0 Å². The van der Waals surface area contributed by atoms with Gasteiger partial charge >= 0.3 is 13.7 Å². The molecule has 0 aliphatic carbocycles. The fourth-order valence-electron chi connectivity index (χ4n) is 1.78. The Labute approximate surface area is 144 Å². The van der Waals surface area contributed by atoms with Gasteiger partial charge < -0.3 is 9.26 Å². The van der Waals surface area contributed by atoms with E-state index >= 15 is 0 Å². The molecular weight excluding hydrogens is 329 g/mol. The fourth-order valence-corrected chi connectivity index (χ4v) is 3.52. The highest BCUT2D eigenvalue weighted by molar-refractivity contribution is 7.52. The first-order chi connectivity index (χ1) is 11.2. The second-order valence-corrected chi connectivity index (χ2v) is 7.81. The van der Waals surface area contributed by atoms with Crippen LogP contribution in [0.15, 0.2) is 24.3 Å². The van der Waals surface area contributed by atoms with Crippen molar-refractivity contribution in [1.82, 2.24) is 5.09 Å². The molecule has 2 unspecified atom stereocenters. The maximum Gasteiger partial charge on any atom is 0.458 e. The van der Waals surface area contributed by atoms with Crippen molar-refractivity contribution < 1.29 is 23.1 Å². The Balaban J connectivity index is 3.07. The molecule has 0 amide bonds. The van der Waals surface area contributed by atoms with Gasteiger partial charge in [-0.25, -0.2) is 14.4 Å².